The maximum atomic E-state index is 9.59. The molecule has 0 aromatic heterocycles. The minimum Gasteiger partial charge on any atom is -0.508 e. The molecular weight excluding hydrogens is 312 g/mol. The van der Waals surface area contributed by atoms with Crippen LogP contribution in [0.15, 0.2) is 48.5 Å². The lowest BCUT2D eigenvalue weighted by Crippen LogP contribution is -2.60. The van der Waals surface area contributed by atoms with Crippen LogP contribution in [0.2, 0.25) is 0 Å². The average molecular weight is 334 g/mol. The van der Waals surface area contributed by atoms with E-state index in [1.807, 2.05) is 31.2 Å². The lowest BCUT2D eigenvalue weighted by atomic mass is 9.91. The van der Waals surface area contributed by atoms with E-state index < -0.39 is 13.8 Å². The van der Waals surface area contributed by atoms with Gasteiger partial charge in [0.25, 0.3) is 0 Å². The third-order valence-corrected chi connectivity index (χ3v) is 7.72. The van der Waals surface area contributed by atoms with Crippen LogP contribution in [0.5, 0.6) is 11.5 Å². The molecule has 0 atom stereocenters. The topological polar surface area (TPSA) is 68.2 Å². The van der Waals surface area contributed by atoms with E-state index in [4.69, 9.17) is 13.3 Å². The van der Waals surface area contributed by atoms with E-state index >= 15 is 0 Å². The smallest absolute Gasteiger partial charge is 0.508 e. The molecule has 23 heavy (non-hydrogen) atoms. The summed E-state index contributed by atoms with van der Waals surface area (Å²) >= 11 is 0. The largest absolute Gasteiger partial charge is 0.515 e. The van der Waals surface area contributed by atoms with E-state index in [0.717, 1.165) is 11.1 Å². The Bertz CT molecular complexity index is 581. The zero-order valence-corrected chi connectivity index (χ0v) is 14.7. The summed E-state index contributed by atoms with van der Waals surface area (Å²) in [4.78, 5) is 0. The van der Waals surface area contributed by atoms with E-state index in [1.54, 1.807) is 45.6 Å². The number of rotatable bonds is 6. The number of aromatic hydroxyl groups is 2. The number of phenols is 2. The minimum absolute atomic E-state index is 0.182. The van der Waals surface area contributed by atoms with Gasteiger partial charge in [-0.25, -0.2) is 0 Å². The number of hydrogen-bond acceptors (Lipinski definition) is 5. The van der Waals surface area contributed by atoms with Gasteiger partial charge in [0, 0.05) is 21.3 Å². The molecule has 0 fully saturated rings. The molecule has 0 saturated heterocycles. The molecule has 5 nitrogen and oxygen atoms in total. The molecule has 0 spiro atoms. The van der Waals surface area contributed by atoms with Gasteiger partial charge in [-0.3, -0.25) is 0 Å². The first-order valence-corrected chi connectivity index (χ1v) is 8.90. The van der Waals surface area contributed by atoms with Gasteiger partial charge in [0.1, 0.15) is 11.5 Å². The van der Waals surface area contributed by atoms with E-state index in [1.165, 1.54) is 0 Å². The summed E-state index contributed by atoms with van der Waals surface area (Å²) in [5.74, 6) is 0.364. The average Bonchev–Trinajstić information content (AvgIpc) is 2.58. The molecule has 0 aliphatic rings. The quantitative estimate of drug-likeness (QED) is 0.795. The van der Waals surface area contributed by atoms with Gasteiger partial charge in [0.2, 0.25) is 0 Å². The third-order valence-electron chi connectivity index (χ3n) is 4.31. The van der Waals surface area contributed by atoms with Crippen LogP contribution in [0.3, 0.4) is 0 Å². The molecule has 124 valence electrons. The van der Waals surface area contributed by atoms with E-state index in [9.17, 15) is 10.2 Å². The van der Waals surface area contributed by atoms with Crippen LogP contribution >= 0.6 is 0 Å². The normalized spacial score (nSPS) is 12.3. The number of benzene rings is 2. The second kappa shape index (κ2) is 6.72. The van der Waals surface area contributed by atoms with Crippen molar-refractivity contribution in [1.29, 1.82) is 0 Å². The summed E-state index contributed by atoms with van der Waals surface area (Å²) in [5, 5.41) is 18.5. The van der Waals surface area contributed by atoms with Gasteiger partial charge in [0.15, 0.2) is 0 Å². The molecule has 6 heteroatoms. The van der Waals surface area contributed by atoms with E-state index in [2.05, 4.69) is 0 Å². The minimum atomic E-state index is -3.15. The first kappa shape index (κ1) is 17.5. The van der Waals surface area contributed by atoms with Crippen molar-refractivity contribution < 1.29 is 23.5 Å². The Labute approximate surface area is 137 Å². The molecule has 0 aliphatic carbocycles. The van der Waals surface area contributed by atoms with Crippen LogP contribution in [0, 0.1) is 0 Å². The molecular formula is C17H22O5Si. The Hall–Kier alpha value is -1.86. The predicted molar refractivity (Wildman–Crippen MR) is 89.4 cm³/mol. The molecule has 0 aliphatic heterocycles. The Balaban J connectivity index is 2.72. The zero-order valence-electron chi connectivity index (χ0n) is 13.7. The highest BCUT2D eigenvalue weighted by Gasteiger charge is 2.59. The number of hydrogen-bond donors (Lipinski definition) is 2. The second-order valence-electron chi connectivity index (χ2n) is 5.39. The molecule has 0 amide bonds. The molecule has 0 unspecified atom stereocenters. The van der Waals surface area contributed by atoms with Crippen molar-refractivity contribution in [3.05, 3.63) is 59.7 Å². The van der Waals surface area contributed by atoms with Crippen molar-refractivity contribution in [3.63, 3.8) is 0 Å². The van der Waals surface area contributed by atoms with Crippen molar-refractivity contribution >= 4 is 8.80 Å². The molecule has 0 saturated carbocycles. The van der Waals surface area contributed by atoms with Crippen LogP contribution in [0.1, 0.15) is 18.1 Å². The Kier molecular flexibility index (Phi) is 5.11. The van der Waals surface area contributed by atoms with Gasteiger partial charge in [-0.1, -0.05) is 24.3 Å². The predicted octanol–water partition coefficient (Wildman–Crippen LogP) is 2.82. The van der Waals surface area contributed by atoms with Gasteiger partial charge in [-0.2, -0.15) is 0 Å². The van der Waals surface area contributed by atoms with Gasteiger partial charge < -0.3 is 23.5 Å². The highest BCUT2D eigenvalue weighted by atomic mass is 28.4. The molecule has 0 bridgehead atoms. The van der Waals surface area contributed by atoms with Gasteiger partial charge in [-0.15, -0.1) is 0 Å². The maximum absolute atomic E-state index is 9.59. The van der Waals surface area contributed by atoms with Crippen molar-refractivity contribution in [1.82, 2.24) is 0 Å². The Morgan fingerprint density at radius 3 is 1.26 bits per heavy atom. The lowest BCUT2D eigenvalue weighted by Gasteiger charge is -2.42. The zero-order chi connectivity index (χ0) is 17.1. The summed E-state index contributed by atoms with van der Waals surface area (Å²) in [6.07, 6.45) is 0. The molecule has 2 N–H and O–H groups in total. The standard InChI is InChI=1S/C17H22O5Si/c1-17(23(20-2,21-3)22-4,13-5-9-15(18)10-6-13)14-7-11-16(19)12-8-14/h5-12,18-19H,1-4H3. The van der Waals surface area contributed by atoms with Crippen LogP contribution < -0.4 is 0 Å². The SMILES string of the molecule is CO[Si](OC)(OC)C(C)(c1ccc(O)cc1)c1ccc(O)cc1. The molecule has 0 radical (unpaired) electrons. The maximum Gasteiger partial charge on any atom is 0.515 e. The van der Waals surface area contributed by atoms with Crippen LogP contribution in [0.25, 0.3) is 0 Å². The fourth-order valence-corrected chi connectivity index (χ4v) is 5.74. The monoisotopic (exact) mass is 334 g/mol. The molecule has 0 heterocycles. The van der Waals surface area contributed by atoms with Crippen molar-refractivity contribution in [2.24, 2.45) is 0 Å². The summed E-state index contributed by atoms with van der Waals surface area (Å²) < 4.78 is 17.2. The molecule has 2 aromatic carbocycles. The van der Waals surface area contributed by atoms with Crippen molar-refractivity contribution in [2.75, 3.05) is 21.3 Å². The Morgan fingerprint density at radius 1 is 0.696 bits per heavy atom. The van der Waals surface area contributed by atoms with Crippen LogP contribution in [-0.2, 0) is 18.3 Å². The highest BCUT2D eigenvalue weighted by Crippen LogP contribution is 2.42. The lowest BCUT2D eigenvalue weighted by molar-refractivity contribution is 0.101. The van der Waals surface area contributed by atoms with Gasteiger partial charge in [0.05, 0.1) is 5.04 Å². The summed E-state index contributed by atoms with van der Waals surface area (Å²) in [5.41, 5.74) is 1.77. The first-order chi connectivity index (χ1) is 10.9. The third kappa shape index (κ3) is 2.86. The van der Waals surface area contributed by atoms with Crippen molar-refractivity contribution in [2.45, 2.75) is 12.0 Å². The van der Waals surface area contributed by atoms with E-state index in [0.29, 0.717) is 0 Å². The van der Waals surface area contributed by atoms with Crippen molar-refractivity contribution in [3.8, 4) is 11.5 Å². The first-order valence-electron chi connectivity index (χ1n) is 7.18. The van der Waals surface area contributed by atoms with Gasteiger partial charge >= 0.3 is 8.80 Å². The Morgan fingerprint density at radius 2 is 1.00 bits per heavy atom. The van der Waals surface area contributed by atoms with E-state index in [-0.39, 0.29) is 11.5 Å². The fourth-order valence-electron chi connectivity index (χ4n) is 2.97. The molecule has 2 aromatic rings. The van der Waals surface area contributed by atoms with Crippen LogP contribution in [-0.4, -0.2) is 40.3 Å². The highest BCUT2D eigenvalue weighted by molar-refractivity contribution is 6.65. The summed E-state index contributed by atoms with van der Waals surface area (Å²) in [6, 6.07) is 13.8. The second-order valence-corrected chi connectivity index (χ2v) is 8.72. The summed E-state index contributed by atoms with van der Waals surface area (Å²) in [7, 11) is 1.55. The van der Waals surface area contributed by atoms with Gasteiger partial charge in [-0.05, 0) is 42.3 Å². The van der Waals surface area contributed by atoms with Crippen LogP contribution in [0.4, 0.5) is 0 Å². The summed E-state index contributed by atoms with van der Waals surface area (Å²) in [6.45, 7) is 1.98. The molecule has 2 rings (SSSR count). The number of phenolic OH excluding ortho intramolecular Hbond substituents is 2. The fraction of sp³-hybridized carbons (Fsp3) is 0.294.